The number of hydrogen-bond donors (Lipinski definition) is 1. The first-order valence-corrected chi connectivity index (χ1v) is 9.78. The molecule has 0 spiro atoms. The third-order valence-electron chi connectivity index (χ3n) is 5.82. The minimum Gasteiger partial charge on any atom is -0.351 e. The van der Waals surface area contributed by atoms with Crippen LogP contribution in [0.1, 0.15) is 49.7 Å². The quantitative estimate of drug-likeness (QED) is 0.866. The molecule has 2 atom stereocenters. The lowest BCUT2D eigenvalue weighted by atomic mass is 10.00. The second-order valence-corrected chi connectivity index (χ2v) is 8.11. The largest absolute Gasteiger partial charge is 0.351 e. The summed E-state index contributed by atoms with van der Waals surface area (Å²) in [7, 11) is 0. The number of nitrogens with zero attached hydrogens (tertiary/aromatic N) is 1. The van der Waals surface area contributed by atoms with Gasteiger partial charge in [0.05, 0.1) is 0 Å². The molecular weight excluding hydrogens is 312 g/mol. The number of hydrogen-bond acceptors (Lipinski definition) is 2. The van der Waals surface area contributed by atoms with Crippen LogP contribution in [0.2, 0.25) is 0 Å². The Kier molecular flexibility index (Phi) is 4.53. The highest BCUT2D eigenvalue weighted by Crippen LogP contribution is 2.36. The van der Waals surface area contributed by atoms with E-state index < -0.39 is 0 Å². The molecule has 4 nitrogen and oxygen atoms in total. The van der Waals surface area contributed by atoms with Gasteiger partial charge >= 0.3 is 0 Å². The number of likely N-dealkylation sites (tertiary alicyclic amines) is 1. The van der Waals surface area contributed by atoms with Crippen molar-refractivity contribution < 1.29 is 9.59 Å². The van der Waals surface area contributed by atoms with Gasteiger partial charge in [-0.3, -0.25) is 9.59 Å². The maximum atomic E-state index is 12.9. The summed E-state index contributed by atoms with van der Waals surface area (Å²) in [5, 5.41) is 3.30. The van der Waals surface area contributed by atoms with Crippen molar-refractivity contribution in [3.05, 3.63) is 35.4 Å². The van der Waals surface area contributed by atoms with Gasteiger partial charge in [-0.15, -0.1) is 0 Å². The minimum atomic E-state index is -0.244. The van der Waals surface area contributed by atoms with E-state index in [0.717, 1.165) is 38.6 Å². The van der Waals surface area contributed by atoms with Gasteiger partial charge in [-0.25, -0.2) is 0 Å². The zero-order chi connectivity index (χ0) is 17.4. The highest BCUT2D eigenvalue weighted by Gasteiger charge is 2.42. The van der Waals surface area contributed by atoms with Crippen LogP contribution < -0.4 is 5.32 Å². The topological polar surface area (TPSA) is 49.4 Å². The number of amides is 2. The highest BCUT2D eigenvalue weighted by molar-refractivity contribution is 5.90. The van der Waals surface area contributed by atoms with Crippen LogP contribution in [0, 0.1) is 18.8 Å². The summed E-state index contributed by atoms with van der Waals surface area (Å²) >= 11 is 0. The summed E-state index contributed by atoms with van der Waals surface area (Å²) < 4.78 is 0. The average molecular weight is 340 g/mol. The van der Waals surface area contributed by atoms with Gasteiger partial charge in [-0.1, -0.05) is 29.8 Å². The van der Waals surface area contributed by atoms with Gasteiger partial charge in [-0.05, 0) is 63.4 Å². The van der Waals surface area contributed by atoms with E-state index in [9.17, 15) is 9.59 Å². The van der Waals surface area contributed by atoms with Crippen molar-refractivity contribution in [3.63, 3.8) is 0 Å². The number of aryl methyl sites for hydroxylation is 1. The normalized spacial score (nSPS) is 24.2. The minimum absolute atomic E-state index is 0.0658. The summed E-state index contributed by atoms with van der Waals surface area (Å²) in [6.07, 6.45) is 7.05. The van der Waals surface area contributed by atoms with Gasteiger partial charge in [0.25, 0.3) is 0 Å². The molecule has 1 heterocycles. The van der Waals surface area contributed by atoms with Gasteiger partial charge in [0.1, 0.15) is 6.04 Å². The first kappa shape index (κ1) is 16.6. The van der Waals surface area contributed by atoms with Crippen molar-refractivity contribution in [2.45, 2.75) is 64.0 Å². The van der Waals surface area contributed by atoms with Crippen LogP contribution in [0.3, 0.4) is 0 Å². The fourth-order valence-corrected chi connectivity index (χ4v) is 4.07. The van der Waals surface area contributed by atoms with Crippen molar-refractivity contribution in [2.24, 2.45) is 11.8 Å². The zero-order valence-electron chi connectivity index (χ0n) is 15.0. The van der Waals surface area contributed by atoms with E-state index in [-0.39, 0.29) is 29.8 Å². The molecule has 4 rings (SSSR count). The van der Waals surface area contributed by atoms with E-state index in [1.807, 2.05) is 4.90 Å². The first-order valence-electron chi connectivity index (χ1n) is 9.78. The summed E-state index contributed by atoms with van der Waals surface area (Å²) in [4.78, 5) is 27.2. The van der Waals surface area contributed by atoms with Gasteiger partial charge < -0.3 is 10.2 Å². The van der Waals surface area contributed by atoms with Crippen LogP contribution in [-0.4, -0.2) is 35.3 Å². The molecule has 1 aromatic carbocycles. The lowest BCUT2D eigenvalue weighted by molar-refractivity contribution is -0.139. The van der Waals surface area contributed by atoms with Gasteiger partial charge in [0.15, 0.2) is 0 Å². The lowest BCUT2D eigenvalue weighted by Gasteiger charge is -2.27. The van der Waals surface area contributed by atoms with E-state index in [1.54, 1.807) is 0 Å². The SMILES string of the molecule is Cc1cccc(CC(NC(=O)C2CCCN2C(=O)C2CC2)C2CC2)c1. The molecular formula is C21H28N2O2. The second-order valence-electron chi connectivity index (χ2n) is 8.11. The maximum absolute atomic E-state index is 12.9. The van der Waals surface area contributed by atoms with Crippen molar-refractivity contribution >= 4 is 11.8 Å². The standard InChI is InChI=1S/C21H28N2O2/c1-14-4-2-5-15(12-14)13-18(16-7-8-16)22-20(24)19-6-3-11-23(19)21(25)17-9-10-17/h2,4-5,12,16-19H,3,6-11,13H2,1H3,(H,22,24). The summed E-state index contributed by atoms with van der Waals surface area (Å²) in [6, 6.07) is 8.50. The predicted molar refractivity (Wildman–Crippen MR) is 97.0 cm³/mol. The summed E-state index contributed by atoms with van der Waals surface area (Å²) in [5.41, 5.74) is 2.55. The average Bonchev–Trinajstić information content (AvgIpc) is 3.50. The van der Waals surface area contributed by atoms with Gasteiger partial charge in [-0.2, -0.15) is 0 Å². The van der Waals surface area contributed by atoms with Crippen molar-refractivity contribution in [1.29, 1.82) is 0 Å². The molecule has 4 heteroatoms. The Morgan fingerprint density at radius 1 is 1.20 bits per heavy atom. The van der Waals surface area contributed by atoms with E-state index in [2.05, 4.69) is 36.5 Å². The van der Waals surface area contributed by atoms with E-state index >= 15 is 0 Å². The first-order chi connectivity index (χ1) is 12.1. The molecule has 1 aromatic rings. The molecule has 1 saturated heterocycles. The molecule has 2 amide bonds. The number of rotatable bonds is 6. The van der Waals surface area contributed by atoms with Crippen LogP contribution >= 0.6 is 0 Å². The number of carbonyl (C=O) groups is 2. The fourth-order valence-electron chi connectivity index (χ4n) is 4.07. The van der Waals surface area contributed by atoms with E-state index in [1.165, 1.54) is 24.0 Å². The van der Waals surface area contributed by atoms with Gasteiger partial charge in [0, 0.05) is 18.5 Å². The molecule has 1 aliphatic heterocycles. The van der Waals surface area contributed by atoms with Crippen LogP contribution in [0.4, 0.5) is 0 Å². The van der Waals surface area contributed by atoms with E-state index in [4.69, 9.17) is 0 Å². The Balaban J connectivity index is 1.41. The second kappa shape index (κ2) is 6.81. The fraction of sp³-hybridized carbons (Fsp3) is 0.619. The number of benzene rings is 1. The Bertz CT molecular complexity index is 664. The summed E-state index contributed by atoms with van der Waals surface area (Å²) in [5.74, 6) is 1.06. The lowest BCUT2D eigenvalue weighted by Crippen LogP contribution is -2.50. The Hall–Kier alpha value is -1.84. The predicted octanol–water partition coefficient (Wildman–Crippen LogP) is 2.83. The van der Waals surface area contributed by atoms with Crippen LogP contribution in [0.15, 0.2) is 24.3 Å². The molecule has 3 fully saturated rings. The van der Waals surface area contributed by atoms with Crippen molar-refractivity contribution in [1.82, 2.24) is 10.2 Å². The number of carbonyl (C=O) groups excluding carboxylic acids is 2. The van der Waals surface area contributed by atoms with Crippen LogP contribution in [-0.2, 0) is 16.0 Å². The Morgan fingerprint density at radius 2 is 2.00 bits per heavy atom. The molecule has 0 aromatic heterocycles. The van der Waals surface area contributed by atoms with E-state index in [0.29, 0.717) is 5.92 Å². The van der Waals surface area contributed by atoms with Crippen molar-refractivity contribution in [3.8, 4) is 0 Å². The maximum Gasteiger partial charge on any atom is 0.243 e. The Labute approximate surface area is 150 Å². The molecule has 1 N–H and O–H groups in total. The molecule has 2 unspecified atom stereocenters. The molecule has 2 saturated carbocycles. The third-order valence-corrected chi connectivity index (χ3v) is 5.82. The highest BCUT2D eigenvalue weighted by atomic mass is 16.2. The molecule has 134 valence electrons. The molecule has 25 heavy (non-hydrogen) atoms. The van der Waals surface area contributed by atoms with Crippen LogP contribution in [0.5, 0.6) is 0 Å². The molecule has 0 radical (unpaired) electrons. The molecule has 3 aliphatic rings. The van der Waals surface area contributed by atoms with Gasteiger partial charge in [0.2, 0.25) is 11.8 Å². The van der Waals surface area contributed by atoms with Crippen molar-refractivity contribution in [2.75, 3.05) is 6.54 Å². The summed E-state index contributed by atoms with van der Waals surface area (Å²) in [6.45, 7) is 2.85. The Morgan fingerprint density at radius 3 is 2.68 bits per heavy atom. The third kappa shape index (κ3) is 3.88. The zero-order valence-corrected chi connectivity index (χ0v) is 15.0. The van der Waals surface area contributed by atoms with Crippen LogP contribution in [0.25, 0.3) is 0 Å². The smallest absolute Gasteiger partial charge is 0.243 e. The molecule has 2 aliphatic carbocycles. The monoisotopic (exact) mass is 340 g/mol. The number of nitrogens with one attached hydrogen (secondary N) is 1. The molecule has 0 bridgehead atoms.